The first kappa shape index (κ1) is 14.4. The Morgan fingerprint density at radius 3 is 2.35 bits per heavy atom. The number of rotatable bonds is 3. The summed E-state index contributed by atoms with van der Waals surface area (Å²) in [5, 5.41) is 0. The minimum absolute atomic E-state index is 0.225. The number of aromatic nitrogens is 2. The van der Waals surface area contributed by atoms with Crippen molar-refractivity contribution in [3.8, 4) is 0 Å². The van der Waals surface area contributed by atoms with Crippen molar-refractivity contribution in [3.05, 3.63) is 59.4 Å². The van der Waals surface area contributed by atoms with Gasteiger partial charge >= 0.3 is 6.18 Å². The van der Waals surface area contributed by atoms with Crippen molar-refractivity contribution >= 4 is 0 Å². The number of nitrogens with zero attached hydrogens (tertiary/aromatic N) is 2. The molecule has 1 aromatic heterocycles. The van der Waals surface area contributed by atoms with E-state index in [1.807, 2.05) is 0 Å². The van der Waals surface area contributed by atoms with Gasteiger partial charge in [0.2, 0.25) is 0 Å². The molecule has 1 aromatic carbocycles. The zero-order valence-corrected chi connectivity index (χ0v) is 10.0. The Kier molecular flexibility index (Phi) is 3.96. The number of hydrogen-bond donors (Lipinski definition) is 2. The van der Waals surface area contributed by atoms with Gasteiger partial charge in [-0.25, -0.2) is 19.8 Å². The summed E-state index contributed by atoms with van der Waals surface area (Å²) in [4.78, 5) is 7.46. The Labute approximate surface area is 111 Å². The molecule has 106 valence electrons. The van der Waals surface area contributed by atoms with Crippen LogP contribution in [0.2, 0.25) is 0 Å². The smallest absolute Gasteiger partial charge is 0.271 e. The molecular formula is C12H10F4N4. The highest BCUT2D eigenvalue weighted by molar-refractivity contribution is 5.34. The van der Waals surface area contributed by atoms with Gasteiger partial charge in [-0.15, -0.1) is 0 Å². The second kappa shape index (κ2) is 5.51. The molecule has 2 rings (SSSR count). The van der Waals surface area contributed by atoms with Gasteiger partial charge < -0.3 is 0 Å². The molecule has 1 heterocycles. The molecule has 0 aliphatic rings. The number of nitrogens with one attached hydrogen (secondary N) is 1. The van der Waals surface area contributed by atoms with Gasteiger partial charge in [0, 0.05) is 23.5 Å². The number of benzene rings is 1. The molecule has 1 atom stereocenters. The molecule has 0 fully saturated rings. The first-order valence-electron chi connectivity index (χ1n) is 5.51. The summed E-state index contributed by atoms with van der Waals surface area (Å²) in [6, 6.07) is 1.17. The molecule has 2 aromatic rings. The Hall–Kier alpha value is -2.06. The Bertz CT molecular complexity index is 586. The Balaban J connectivity index is 2.50. The fourth-order valence-corrected chi connectivity index (χ4v) is 1.77. The monoisotopic (exact) mass is 286 g/mol. The van der Waals surface area contributed by atoms with Crippen LogP contribution in [-0.4, -0.2) is 9.97 Å². The number of hydrogen-bond acceptors (Lipinski definition) is 4. The van der Waals surface area contributed by atoms with Crippen LogP contribution in [0.25, 0.3) is 0 Å². The van der Waals surface area contributed by atoms with Crippen LogP contribution >= 0.6 is 0 Å². The van der Waals surface area contributed by atoms with E-state index in [9.17, 15) is 17.6 Å². The lowest BCUT2D eigenvalue weighted by molar-refractivity contribution is -0.137. The number of nitrogens with two attached hydrogens (primary N) is 1. The van der Waals surface area contributed by atoms with Crippen molar-refractivity contribution in [1.29, 1.82) is 0 Å². The molecule has 0 amide bonds. The van der Waals surface area contributed by atoms with E-state index in [0.29, 0.717) is 17.7 Å². The van der Waals surface area contributed by atoms with E-state index in [1.165, 1.54) is 18.7 Å². The average molecular weight is 286 g/mol. The topological polar surface area (TPSA) is 63.8 Å². The lowest BCUT2D eigenvalue weighted by Crippen LogP contribution is -2.30. The first-order valence-corrected chi connectivity index (χ1v) is 5.51. The van der Waals surface area contributed by atoms with Gasteiger partial charge in [0.1, 0.15) is 12.1 Å². The molecule has 1 unspecified atom stereocenters. The summed E-state index contributed by atoms with van der Waals surface area (Å²) >= 11 is 0. The summed E-state index contributed by atoms with van der Waals surface area (Å²) in [6.45, 7) is 0. The lowest BCUT2D eigenvalue weighted by atomic mass is 9.99. The van der Waals surface area contributed by atoms with Crippen LogP contribution < -0.4 is 11.3 Å². The normalized spacial score (nSPS) is 13.2. The average Bonchev–Trinajstić information content (AvgIpc) is 2.41. The summed E-state index contributed by atoms with van der Waals surface area (Å²) in [5.74, 6) is 4.51. The first-order chi connectivity index (χ1) is 9.43. The quantitative estimate of drug-likeness (QED) is 0.516. The number of alkyl halides is 3. The highest BCUT2D eigenvalue weighted by Crippen LogP contribution is 2.33. The summed E-state index contributed by atoms with van der Waals surface area (Å²) in [7, 11) is 0. The molecule has 0 aliphatic heterocycles. The van der Waals surface area contributed by atoms with Gasteiger partial charge in [-0.2, -0.15) is 13.2 Å². The summed E-state index contributed by atoms with van der Waals surface area (Å²) < 4.78 is 51.8. The van der Waals surface area contributed by atoms with Crippen LogP contribution in [0.3, 0.4) is 0 Å². The van der Waals surface area contributed by atoms with Gasteiger partial charge in [0.05, 0.1) is 11.6 Å². The van der Waals surface area contributed by atoms with Gasteiger partial charge in [-0.05, 0) is 18.2 Å². The van der Waals surface area contributed by atoms with E-state index < -0.39 is 23.6 Å². The van der Waals surface area contributed by atoms with Crippen LogP contribution in [0.1, 0.15) is 22.7 Å². The molecular weight excluding hydrogens is 276 g/mol. The second-order valence-electron chi connectivity index (χ2n) is 4.01. The van der Waals surface area contributed by atoms with Crippen LogP contribution in [0.4, 0.5) is 17.6 Å². The van der Waals surface area contributed by atoms with Crippen molar-refractivity contribution in [1.82, 2.24) is 15.4 Å². The van der Waals surface area contributed by atoms with Crippen LogP contribution in [0.5, 0.6) is 0 Å². The Morgan fingerprint density at radius 1 is 1.15 bits per heavy atom. The van der Waals surface area contributed by atoms with Crippen molar-refractivity contribution in [2.24, 2.45) is 5.84 Å². The lowest BCUT2D eigenvalue weighted by Gasteiger charge is -2.18. The minimum atomic E-state index is -4.56. The Morgan fingerprint density at radius 2 is 1.80 bits per heavy atom. The third-order valence-electron chi connectivity index (χ3n) is 2.71. The van der Waals surface area contributed by atoms with Gasteiger partial charge in [0.25, 0.3) is 0 Å². The van der Waals surface area contributed by atoms with E-state index in [-0.39, 0.29) is 5.56 Å². The van der Waals surface area contributed by atoms with Crippen LogP contribution in [-0.2, 0) is 6.18 Å². The standard InChI is InChI=1S/C12H10F4N4/c13-10-2-1-8(12(14,15)16)3-9(10)11(20-17)7-4-18-6-19-5-7/h1-6,11,20H,17H2. The summed E-state index contributed by atoms with van der Waals surface area (Å²) in [5.41, 5.74) is 1.44. The molecule has 0 aliphatic carbocycles. The SMILES string of the molecule is NNC(c1cncnc1)c1cc(C(F)(F)F)ccc1F. The van der Waals surface area contributed by atoms with Crippen molar-refractivity contribution in [3.63, 3.8) is 0 Å². The summed E-state index contributed by atoms with van der Waals surface area (Å²) in [6.07, 6.45) is -0.622. The van der Waals surface area contributed by atoms with Crippen molar-refractivity contribution < 1.29 is 17.6 Å². The van der Waals surface area contributed by atoms with E-state index in [0.717, 1.165) is 6.07 Å². The van der Waals surface area contributed by atoms with Gasteiger partial charge in [-0.3, -0.25) is 5.84 Å². The molecule has 4 nitrogen and oxygen atoms in total. The zero-order chi connectivity index (χ0) is 14.8. The molecule has 0 saturated heterocycles. The predicted molar refractivity (Wildman–Crippen MR) is 62.6 cm³/mol. The maximum absolute atomic E-state index is 13.8. The second-order valence-corrected chi connectivity index (χ2v) is 4.01. The highest BCUT2D eigenvalue weighted by atomic mass is 19.4. The van der Waals surface area contributed by atoms with E-state index in [4.69, 9.17) is 5.84 Å². The fraction of sp³-hybridized carbons (Fsp3) is 0.167. The number of halogens is 4. The van der Waals surface area contributed by atoms with Crippen LogP contribution in [0, 0.1) is 5.82 Å². The molecule has 3 N–H and O–H groups in total. The highest BCUT2D eigenvalue weighted by Gasteiger charge is 2.32. The fourth-order valence-electron chi connectivity index (χ4n) is 1.77. The van der Waals surface area contributed by atoms with Crippen molar-refractivity contribution in [2.45, 2.75) is 12.2 Å². The molecule has 0 bridgehead atoms. The van der Waals surface area contributed by atoms with E-state index in [2.05, 4.69) is 15.4 Å². The van der Waals surface area contributed by atoms with Gasteiger partial charge in [-0.1, -0.05) is 0 Å². The van der Waals surface area contributed by atoms with E-state index >= 15 is 0 Å². The maximum Gasteiger partial charge on any atom is 0.416 e. The predicted octanol–water partition coefficient (Wildman–Crippen LogP) is 2.19. The largest absolute Gasteiger partial charge is 0.416 e. The van der Waals surface area contributed by atoms with Gasteiger partial charge in [0.15, 0.2) is 0 Å². The molecule has 0 radical (unpaired) electrons. The molecule has 0 spiro atoms. The third kappa shape index (κ3) is 2.91. The number of hydrazine groups is 1. The van der Waals surface area contributed by atoms with Crippen LogP contribution in [0.15, 0.2) is 36.9 Å². The molecule has 8 heteroatoms. The van der Waals surface area contributed by atoms with Crippen molar-refractivity contribution in [2.75, 3.05) is 0 Å². The zero-order valence-electron chi connectivity index (χ0n) is 10.0. The molecule has 0 saturated carbocycles. The molecule has 20 heavy (non-hydrogen) atoms. The van der Waals surface area contributed by atoms with E-state index in [1.54, 1.807) is 0 Å². The maximum atomic E-state index is 13.8. The minimum Gasteiger partial charge on any atom is -0.271 e. The third-order valence-corrected chi connectivity index (χ3v) is 2.71.